The van der Waals surface area contributed by atoms with Crippen molar-refractivity contribution in [1.29, 1.82) is 0 Å². The minimum Gasteiger partial charge on any atom is -0.501 e. The molecule has 2 saturated heterocycles. The average Bonchev–Trinajstić information content (AvgIpc) is 3.17. The number of amides is 3. The van der Waals surface area contributed by atoms with Gasteiger partial charge in [0.1, 0.15) is 6.04 Å². The van der Waals surface area contributed by atoms with E-state index < -0.39 is 6.04 Å². The van der Waals surface area contributed by atoms with Gasteiger partial charge in [-0.1, -0.05) is 25.3 Å². The molecule has 3 atom stereocenters. The average molecular weight is 449 g/mol. The first-order valence-corrected chi connectivity index (χ1v) is 9.96. The first-order chi connectivity index (χ1) is 12.6. The molecule has 147 valence electrons. The molecule has 3 fully saturated rings. The van der Waals surface area contributed by atoms with Crippen LogP contribution in [-0.4, -0.2) is 41.2 Å². The smallest absolute Gasteiger partial charge is 0.223 e. The monoisotopic (exact) mass is 449 g/mol. The van der Waals surface area contributed by atoms with Gasteiger partial charge in [0.25, 0.3) is 0 Å². The summed E-state index contributed by atoms with van der Waals surface area (Å²) >= 11 is 0. The third kappa shape index (κ3) is 6.38. The van der Waals surface area contributed by atoms with E-state index >= 15 is 0 Å². The van der Waals surface area contributed by atoms with Crippen molar-refractivity contribution in [3.05, 3.63) is 18.2 Å². The van der Waals surface area contributed by atoms with Crippen LogP contribution in [0.3, 0.4) is 0 Å². The maximum Gasteiger partial charge on any atom is 0.223 e. The summed E-state index contributed by atoms with van der Waals surface area (Å²) < 4.78 is 0. The Kier molecular flexibility index (Phi) is 8.94. The molecule has 27 heavy (non-hydrogen) atoms. The van der Waals surface area contributed by atoms with Gasteiger partial charge in [0, 0.05) is 58.1 Å². The van der Waals surface area contributed by atoms with Gasteiger partial charge in [0.2, 0.25) is 17.7 Å². The Hall–Kier alpha value is -0.746. The van der Waals surface area contributed by atoms with E-state index in [4.69, 9.17) is 0 Å². The van der Waals surface area contributed by atoms with Crippen molar-refractivity contribution >= 4 is 17.7 Å². The summed E-state index contributed by atoms with van der Waals surface area (Å²) in [5, 5.41) is 6.02. The van der Waals surface area contributed by atoms with Crippen LogP contribution in [0.5, 0.6) is 0 Å². The number of hydrogen-bond acceptors (Lipinski definition) is 3. The van der Waals surface area contributed by atoms with Crippen molar-refractivity contribution in [1.82, 2.24) is 15.5 Å². The van der Waals surface area contributed by atoms with Crippen LogP contribution in [0.25, 0.3) is 0 Å². The largest absolute Gasteiger partial charge is 0.501 e. The summed E-state index contributed by atoms with van der Waals surface area (Å²) in [5.74, 6) is 0.298. The van der Waals surface area contributed by atoms with Gasteiger partial charge >= 0.3 is 0 Å². The van der Waals surface area contributed by atoms with Crippen molar-refractivity contribution in [2.45, 2.75) is 76.8 Å². The fourth-order valence-electron chi connectivity index (χ4n) is 3.98. The molecule has 1 radical (unpaired) electrons. The van der Waals surface area contributed by atoms with Gasteiger partial charge in [0.15, 0.2) is 0 Å². The Morgan fingerprint density at radius 3 is 2.63 bits per heavy atom. The predicted molar refractivity (Wildman–Crippen MR) is 98.7 cm³/mol. The molecule has 6 nitrogen and oxygen atoms in total. The molecule has 2 aliphatic heterocycles. The number of nitrogens with one attached hydrogen (secondary N) is 2. The molecular weight excluding hydrogens is 419 g/mol. The van der Waals surface area contributed by atoms with Crippen LogP contribution >= 0.6 is 0 Å². The quantitative estimate of drug-likeness (QED) is 0.512. The summed E-state index contributed by atoms with van der Waals surface area (Å²) in [6, 6.07) is 0.427. The van der Waals surface area contributed by atoms with Crippen LogP contribution in [0.2, 0.25) is 0 Å². The molecule has 1 aliphatic carbocycles. The molecule has 2 heterocycles. The maximum absolute atomic E-state index is 12.7. The number of carbonyl (C=O) groups excluding carboxylic acids is 3. The summed E-state index contributed by atoms with van der Waals surface area (Å²) in [6.45, 7) is 2.41. The van der Waals surface area contributed by atoms with E-state index in [-0.39, 0.29) is 56.5 Å². The van der Waals surface area contributed by atoms with Crippen molar-refractivity contribution in [2.75, 3.05) is 6.54 Å². The standard InChI is InChI=1S/C20H30N3O3.Y/c1-2-8-14-11-16(14)22-20(26)17-12-15-13-23(17)19(25)10-7-5-3-4-6-9-18(24)21-15;/h2,8,14-15,17H,3-7,9-13H2,1H3,(H,21,24)(H,22,26);/q-1;/b8-2-;. The van der Waals surface area contributed by atoms with Crippen LogP contribution in [0, 0.1) is 12.0 Å². The third-order valence-corrected chi connectivity index (χ3v) is 5.52. The molecule has 0 aromatic heterocycles. The molecule has 0 spiro atoms. The zero-order valence-corrected chi connectivity index (χ0v) is 19.0. The summed E-state index contributed by atoms with van der Waals surface area (Å²) in [6.07, 6.45) is 11.3. The molecular formula is C20H30N3O3Y-. The maximum atomic E-state index is 12.7. The first kappa shape index (κ1) is 22.5. The molecule has 2 N–H and O–H groups in total. The van der Waals surface area contributed by atoms with E-state index in [1.54, 1.807) is 4.90 Å². The molecule has 1 saturated carbocycles. The Morgan fingerprint density at radius 1 is 1.19 bits per heavy atom. The van der Waals surface area contributed by atoms with Gasteiger partial charge in [-0.3, -0.25) is 14.4 Å². The van der Waals surface area contributed by atoms with Gasteiger partial charge in [-0.05, 0) is 26.2 Å². The molecule has 2 bridgehead atoms. The Bertz CT molecular complexity index is 581. The Balaban J connectivity index is 0.00000261. The minimum absolute atomic E-state index is 0. The van der Waals surface area contributed by atoms with Gasteiger partial charge in [-0.2, -0.15) is 12.3 Å². The second-order valence-electron chi connectivity index (χ2n) is 7.68. The van der Waals surface area contributed by atoms with Crippen molar-refractivity contribution in [3.63, 3.8) is 0 Å². The van der Waals surface area contributed by atoms with Crippen LogP contribution in [0.1, 0.15) is 64.7 Å². The van der Waals surface area contributed by atoms with Crippen molar-refractivity contribution < 1.29 is 47.1 Å². The predicted octanol–water partition coefficient (Wildman–Crippen LogP) is 2.06. The number of rotatable bonds is 3. The molecule has 3 rings (SSSR count). The summed E-state index contributed by atoms with van der Waals surface area (Å²) in [7, 11) is 0. The molecule has 3 unspecified atom stereocenters. The van der Waals surface area contributed by atoms with E-state index in [9.17, 15) is 14.4 Å². The Labute approximate surface area is 187 Å². The van der Waals surface area contributed by atoms with E-state index in [1.807, 2.05) is 13.0 Å². The third-order valence-electron chi connectivity index (χ3n) is 5.52. The topological polar surface area (TPSA) is 78.5 Å². The zero-order chi connectivity index (χ0) is 18.5. The van der Waals surface area contributed by atoms with Crippen LogP contribution in [0.15, 0.2) is 12.2 Å². The summed E-state index contributed by atoms with van der Waals surface area (Å²) in [4.78, 5) is 39.2. The Morgan fingerprint density at radius 2 is 1.89 bits per heavy atom. The van der Waals surface area contributed by atoms with Gasteiger partial charge in [-0.25, -0.2) is 6.04 Å². The minimum atomic E-state index is -0.477. The van der Waals surface area contributed by atoms with Gasteiger partial charge in [0.05, 0.1) is 0 Å². The molecule has 7 heteroatoms. The van der Waals surface area contributed by atoms with E-state index in [0.717, 1.165) is 44.6 Å². The number of hydrogen-bond donors (Lipinski definition) is 2. The van der Waals surface area contributed by atoms with E-state index in [1.165, 1.54) is 0 Å². The fourth-order valence-corrected chi connectivity index (χ4v) is 3.98. The molecule has 3 amide bonds. The number of allylic oxidation sites excluding steroid dienone is 1. The molecule has 0 aromatic rings. The summed E-state index contributed by atoms with van der Waals surface area (Å²) in [5.41, 5.74) is 0. The number of carbonyl (C=O) groups is 3. The first-order valence-electron chi connectivity index (χ1n) is 9.96. The van der Waals surface area contributed by atoms with E-state index in [2.05, 4.69) is 16.7 Å². The van der Waals surface area contributed by atoms with Crippen LogP contribution < -0.4 is 10.6 Å². The van der Waals surface area contributed by atoms with E-state index in [0.29, 0.717) is 31.7 Å². The molecule has 3 aliphatic rings. The second-order valence-corrected chi connectivity index (χ2v) is 7.68. The second kappa shape index (κ2) is 10.7. The normalized spacial score (nSPS) is 30.0. The van der Waals surface area contributed by atoms with Crippen molar-refractivity contribution in [2.24, 2.45) is 5.92 Å². The van der Waals surface area contributed by atoms with Gasteiger partial charge in [-0.15, -0.1) is 6.08 Å². The fraction of sp³-hybridized carbons (Fsp3) is 0.700. The van der Waals surface area contributed by atoms with Gasteiger partial charge < -0.3 is 15.5 Å². The van der Waals surface area contributed by atoms with Crippen LogP contribution in [-0.2, 0) is 47.1 Å². The number of fused-ring (bicyclic) bond motifs is 2. The number of nitrogens with zero attached hydrogens (tertiary/aromatic N) is 1. The molecule has 0 aromatic carbocycles. The zero-order valence-electron chi connectivity index (χ0n) is 16.2. The van der Waals surface area contributed by atoms with Crippen molar-refractivity contribution in [3.8, 4) is 0 Å². The SMILES string of the molecule is C/C=C\C1C[C-]1NC(=O)C1CC2CN1C(=O)CCCCCCCC(=O)N2.[Y]. The van der Waals surface area contributed by atoms with Crippen LogP contribution in [0.4, 0.5) is 0 Å².